The lowest BCUT2D eigenvalue weighted by atomic mass is 10.0. The van der Waals surface area contributed by atoms with Gasteiger partial charge in [0.05, 0.1) is 19.0 Å². The Morgan fingerprint density at radius 3 is 2.33 bits per heavy atom. The predicted molar refractivity (Wildman–Crippen MR) is 89.4 cm³/mol. The molecule has 112 valence electrons. The monoisotopic (exact) mass is 436 g/mol. The van der Waals surface area contributed by atoms with Gasteiger partial charge in [0.2, 0.25) is 0 Å². The molecule has 0 bridgehead atoms. The van der Waals surface area contributed by atoms with Gasteiger partial charge in [-0.05, 0) is 18.2 Å². The number of methoxy groups -OCH3 is 2. The molecule has 1 unspecified atom stereocenters. The molecular weight excluding hydrogens is 426 g/mol. The van der Waals surface area contributed by atoms with Crippen LogP contribution in [0.25, 0.3) is 0 Å². The molecular formula is C15H12Br2ClFO2. The number of rotatable bonds is 4. The Hall–Kier alpha value is -0.780. The van der Waals surface area contributed by atoms with Gasteiger partial charge in [-0.1, -0.05) is 55.6 Å². The van der Waals surface area contributed by atoms with Gasteiger partial charge in [0.1, 0.15) is 22.3 Å². The number of halogens is 4. The normalized spacial score (nSPS) is 12.1. The topological polar surface area (TPSA) is 18.5 Å². The molecule has 0 aliphatic carbocycles. The van der Waals surface area contributed by atoms with Gasteiger partial charge < -0.3 is 9.47 Å². The van der Waals surface area contributed by atoms with Crippen LogP contribution >= 0.6 is 43.5 Å². The molecule has 0 spiro atoms. The number of hydrogen-bond donors (Lipinski definition) is 0. The fourth-order valence-corrected chi connectivity index (χ4v) is 3.38. The standard InChI is InChI=1S/C15H12Br2ClFO2/c1-20-12-6-5-10(15(21-2)14(12)18)13(17)9-4-3-8(16)7-11(9)19/h3-7,13H,1-2H3. The first kappa shape index (κ1) is 16.6. The van der Waals surface area contributed by atoms with Gasteiger partial charge in [-0.15, -0.1) is 0 Å². The third-order valence-electron chi connectivity index (χ3n) is 3.02. The summed E-state index contributed by atoms with van der Waals surface area (Å²) < 4.78 is 25.3. The maximum Gasteiger partial charge on any atom is 0.145 e. The van der Waals surface area contributed by atoms with E-state index in [1.165, 1.54) is 20.3 Å². The molecule has 6 heteroatoms. The highest BCUT2D eigenvalue weighted by atomic mass is 79.9. The van der Waals surface area contributed by atoms with Crippen LogP contribution in [0.4, 0.5) is 4.39 Å². The number of alkyl halides is 1. The first-order valence-corrected chi connectivity index (χ1v) is 8.07. The molecule has 21 heavy (non-hydrogen) atoms. The maximum absolute atomic E-state index is 14.1. The highest BCUT2D eigenvalue weighted by Gasteiger charge is 2.22. The molecule has 1 atom stereocenters. The number of ether oxygens (including phenoxy) is 2. The van der Waals surface area contributed by atoms with Gasteiger partial charge >= 0.3 is 0 Å². The van der Waals surface area contributed by atoms with Crippen molar-refractivity contribution in [1.29, 1.82) is 0 Å². The first-order valence-electron chi connectivity index (χ1n) is 5.99. The van der Waals surface area contributed by atoms with E-state index in [9.17, 15) is 4.39 Å². The maximum atomic E-state index is 14.1. The quantitative estimate of drug-likeness (QED) is 0.567. The van der Waals surface area contributed by atoms with E-state index in [0.29, 0.717) is 26.6 Å². The Bertz CT molecular complexity index is 664. The summed E-state index contributed by atoms with van der Waals surface area (Å²) in [6.45, 7) is 0. The van der Waals surface area contributed by atoms with Gasteiger partial charge in [-0.2, -0.15) is 0 Å². The fraction of sp³-hybridized carbons (Fsp3) is 0.200. The Morgan fingerprint density at radius 2 is 1.76 bits per heavy atom. The molecule has 2 aromatic carbocycles. The zero-order valence-corrected chi connectivity index (χ0v) is 15.2. The molecule has 0 aliphatic heterocycles. The minimum absolute atomic E-state index is 0.319. The van der Waals surface area contributed by atoms with Crippen LogP contribution in [0.5, 0.6) is 11.5 Å². The Balaban J connectivity index is 2.52. The molecule has 2 rings (SSSR count). The van der Waals surface area contributed by atoms with Crippen LogP contribution in [-0.4, -0.2) is 14.2 Å². The van der Waals surface area contributed by atoms with Crippen molar-refractivity contribution in [2.75, 3.05) is 14.2 Å². The van der Waals surface area contributed by atoms with E-state index in [1.807, 2.05) is 0 Å². The summed E-state index contributed by atoms with van der Waals surface area (Å²) in [6, 6.07) is 8.43. The third kappa shape index (κ3) is 3.35. The summed E-state index contributed by atoms with van der Waals surface area (Å²) in [5.41, 5.74) is 1.22. The Morgan fingerprint density at radius 1 is 1.10 bits per heavy atom. The molecule has 0 saturated heterocycles. The second-order valence-electron chi connectivity index (χ2n) is 4.23. The van der Waals surface area contributed by atoms with E-state index < -0.39 is 0 Å². The van der Waals surface area contributed by atoms with Crippen molar-refractivity contribution in [2.45, 2.75) is 4.83 Å². The molecule has 0 radical (unpaired) electrons. The van der Waals surface area contributed by atoms with Crippen LogP contribution in [0.15, 0.2) is 34.8 Å². The second kappa shape index (κ2) is 6.99. The minimum Gasteiger partial charge on any atom is -0.495 e. The van der Waals surface area contributed by atoms with E-state index in [-0.39, 0.29) is 10.6 Å². The summed E-state index contributed by atoms with van der Waals surface area (Å²) >= 11 is 13.0. The van der Waals surface area contributed by atoms with Crippen LogP contribution in [0.3, 0.4) is 0 Å². The van der Waals surface area contributed by atoms with E-state index in [0.717, 1.165) is 5.56 Å². The second-order valence-corrected chi connectivity index (χ2v) is 6.44. The fourth-order valence-electron chi connectivity index (χ4n) is 1.99. The lowest BCUT2D eigenvalue weighted by molar-refractivity contribution is 0.392. The van der Waals surface area contributed by atoms with E-state index in [1.54, 1.807) is 24.3 Å². The smallest absolute Gasteiger partial charge is 0.145 e. The highest BCUT2D eigenvalue weighted by molar-refractivity contribution is 9.10. The van der Waals surface area contributed by atoms with Crippen molar-refractivity contribution < 1.29 is 13.9 Å². The summed E-state index contributed by atoms with van der Waals surface area (Å²) in [4.78, 5) is -0.385. The van der Waals surface area contributed by atoms with Gasteiger partial charge in [-0.25, -0.2) is 4.39 Å². The van der Waals surface area contributed by atoms with Gasteiger partial charge in [0.15, 0.2) is 0 Å². The van der Waals surface area contributed by atoms with Crippen molar-refractivity contribution in [2.24, 2.45) is 0 Å². The third-order valence-corrected chi connectivity index (χ3v) is 4.86. The largest absolute Gasteiger partial charge is 0.495 e. The van der Waals surface area contributed by atoms with Gasteiger partial charge in [-0.3, -0.25) is 0 Å². The average molecular weight is 439 g/mol. The average Bonchev–Trinajstić information content (AvgIpc) is 2.46. The van der Waals surface area contributed by atoms with Gasteiger partial charge in [0.25, 0.3) is 0 Å². The van der Waals surface area contributed by atoms with Crippen LogP contribution in [-0.2, 0) is 0 Å². The minimum atomic E-state index is -0.385. The lowest BCUT2D eigenvalue weighted by Gasteiger charge is -2.18. The molecule has 2 nitrogen and oxygen atoms in total. The highest BCUT2D eigenvalue weighted by Crippen LogP contribution is 2.44. The summed E-state index contributed by atoms with van der Waals surface area (Å²) in [5, 5.41) is 0.361. The molecule has 2 aromatic rings. The molecule has 0 saturated carbocycles. The Labute approximate surface area is 144 Å². The molecule has 0 heterocycles. The predicted octanol–water partition coefficient (Wildman–Crippen LogP) is 5.74. The molecule has 0 N–H and O–H groups in total. The van der Waals surface area contributed by atoms with Crippen LogP contribution in [0.1, 0.15) is 16.0 Å². The van der Waals surface area contributed by atoms with Crippen LogP contribution < -0.4 is 9.47 Å². The number of benzene rings is 2. The van der Waals surface area contributed by atoms with Crippen molar-refractivity contribution in [3.63, 3.8) is 0 Å². The van der Waals surface area contributed by atoms with Crippen LogP contribution in [0, 0.1) is 5.82 Å². The Kier molecular flexibility index (Phi) is 5.52. The first-order chi connectivity index (χ1) is 9.99. The van der Waals surface area contributed by atoms with E-state index >= 15 is 0 Å². The molecule has 0 aliphatic rings. The summed E-state index contributed by atoms with van der Waals surface area (Å²) in [5.74, 6) is 0.647. The molecule has 0 fully saturated rings. The van der Waals surface area contributed by atoms with Gasteiger partial charge in [0, 0.05) is 15.6 Å². The van der Waals surface area contributed by atoms with Crippen molar-refractivity contribution in [1.82, 2.24) is 0 Å². The van der Waals surface area contributed by atoms with Crippen LogP contribution in [0.2, 0.25) is 5.02 Å². The summed E-state index contributed by atoms with van der Waals surface area (Å²) in [7, 11) is 3.04. The zero-order chi connectivity index (χ0) is 15.6. The lowest BCUT2D eigenvalue weighted by Crippen LogP contribution is -2.01. The SMILES string of the molecule is COc1ccc(C(Br)c2ccc(Br)cc2F)c(OC)c1Cl. The zero-order valence-electron chi connectivity index (χ0n) is 11.3. The summed E-state index contributed by atoms with van der Waals surface area (Å²) in [6.07, 6.45) is 0. The van der Waals surface area contributed by atoms with Crippen molar-refractivity contribution >= 4 is 43.5 Å². The molecule has 0 amide bonds. The number of hydrogen-bond acceptors (Lipinski definition) is 2. The van der Waals surface area contributed by atoms with Crippen molar-refractivity contribution in [3.8, 4) is 11.5 Å². The molecule has 0 aromatic heterocycles. The van der Waals surface area contributed by atoms with Crippen molar-refractivity contribution in [3.05, 3.63) is 56.8 Å². The van der Waals surface area contributed by atoms with E-state index in [4.69, 9.17) is 21.1 Å². The van der Waals surface area contributed by atoms with E-state index in [2.05, 4.69) is 31.9 Å².